The monoisotopic (exact) mass is 354 g/mol. The Hall–Kier alpha value is -2.11. The van der Waals surface area contributed by atoms with Gasteiger partial charge in [-0.3, -0.25) is 9.88 Å². The molecule has 0 unspecified atom stereocenters. The first-order valence-electron chi connectivity index (χ1n) is 9.21. The summed E-state index contributed by atoms with van der Waals surface area (Å²) >= 11 is 0. The van der Waals surface area contributed by atoms with Crippen LogP contribution in [0.5, 0.6) is 11.5 Å². The van der Waals surface area contributed by atoms with E-state index in [1.165, 1.54) is 0 Å². The maximum Gasteiger partial charge on any atom is 0.123 e. The molecular weight excluding hydrogens is 328 g/mol. The van der Waals surface area contributed by atoms with Gasteiger partial charge in [0.1, 0.15) is 17.1 Å². The lowest BCUT2D eigenvalue weighted by Crippen LogP contribution is -2.35. The lowest BCUT2D eigenvalue weighted by Gasteiger charge is -2.29. The van der Waals surface area contributed by atoms with Gasteiger partial charge in [-0.1, -0.05) is 6.07 Å². The molecule has 1 aromatic carbocycles. The molecular formula is C21H26N2O3. The van der Waals surface area contributed by atoms with Crippen LogP contribution in [0.1, 0.15) is 24.1 Å². The molecule has 0 radical (unpaired) electrons. The van der Waals surface area contributed by atoms with E-state index in [2.05, 4.69) is 9.88 Å². The van der Waals surface area contributed by atoms with Gasteiger partial charge in [-0.2, -0.15) is 0 Å². The summed E-state index contributed by atoms with van der Waals surface area (Å²) in [6.45, 7) is 2.67. The Balaban J connectivity index is 1.53. The molecule has 1 N–H and O–H groups in total. The van der Waals surface area contributed by atoms with Gasteiger partial charge in [0.25, 0.3) is 0 Å². The van der Waals surface area contributed by atoms with E-state index in [1.54, 1.807) is 20.4 Å². The number of fused-ring (bicyclic) bond motifs is 1. The number of benzene rings is 1. The number of likely N-dealkylation sites (tertiary alicyclic amines) is 1. The predicted molar refractivity (Wildman–Crippen MR) is 99.2 cm³/mol. The van der Waals surface area contributed by atoms with Crippen LogP contribution in [0.15, 0.2) is 42.6 Å². The van der Waals surface area contributed by atoms with Crippen molar-refractivity contribution in [2.45, 2.75) is 25.0 Å². The maximum absolute atomic E-state index is 11.4. The highest BCUT2D eigenvalue weighted by Crippen LogP contribution is 2.50. The average Bonchev–Trinajstić information content (AvgIpc) is 3.23. The fourth-order valence-corrected chi connectivity index (χ4v) is 4.70. The number of ether oxygens (including phenoxy) is 2. The molecule has 0 amide bonds. The Morgan fingerprint density at radius 1 is 1.19 bits per heavy atom. The van der Waals surface area contributed by atoms with E-state index in [-0.39, 0.29) is 5.92 Å². The summed E-state index contributed by atoms with van der Waals surface area (Å²) in [5.74, 6) is 2.46. The Morgan fingerprint density at radius 2 is 2.08 bits per heavy atom. The van der Waals surface area contributed by atoms with E-state index in [9.17, 15) is 5.11 Å². The van der Waals surface area contributed by atoms with Crippen LogP contribution in [0, 0.1) is 11.8 Å². The Morgan fingerprint density at radius 3 is 2.81 bits per heavy atom. The van der Waals surface area contributed by atoms with E-state index in [0.717, 1.165) is 55.2 Å². The highest BCUT2D eigenvalue weighted by atomic mass is 16.5. The average molecular weight is 354 g/mol. The third-order valence-electron chi connectivity index (χ3n) is 6.02. The summed E-state index contributed by atoms with van der Waals surface area (Å²) in [4.78, 5) is 6.86. The SMILES string of the molecule is COc1ccc(OC)c(CN2C[C@@H]3CC[C@@](O)(c4ccccn4)[C@@H]3C2)c1. The van der Waals surface area contributed by atoms with Crippen molar-refractivity contribution in [2.75, 3.05) is 27.3 Å². The Kier molecular flexibility index (Phi) is 4.59. The number of rotatable bonds is 5. The molecule has 1 saturated carbocycles. The molecule has 138 valence electrons. The number of pyridine rings is 1. The van der Waals surface area contributed by atoms with Crippen molar-refractivity contribution >= 4 is 0 Å². The second-order valence-corrected chi connectivity index (χ2v) is 7.42. The normalized spacial score (nSPS) is 28.1. The van der Waals surface area contributed by atoms with Gasteiger partial charge in [-0.15, -0.1) is 0 Å². The maximum atomic E-state index is 11.4. The minimum atomic E-state index is -0.806. The number of aromatic nitrogens is 1. The fourth-order valence-electron chi connectivity index (χ4n) is 4.70. The van der Waals surface area contributed by atoms with Crippen LogP contribution in [0.4, 0.5) is 0 Å². The topological polar surface area (TPSA) is 54.8 Å². The van der Waals surface area contributed by atoms with Gasteiger partial charge >= 0.3 is 0 Å². The van der Waals surface area contributed by atoms with Gasteiger partial charge in [-0.25, -0.2) is 0 Å². The number of nitrogens with zero attached hydrogens (tertiary/aromatic N) is 2. The lowest BCUT2D eigenvalue weighted by atomic mass is 9.85. The zero-order valence-electron chi connectivity index (χ0n) is 15.4. The third-order valence-corrected chi connectivity index (χ3v) is 6.02. The molecule has 5 nitrogen and oxygen atoms in total. The number of aliphatic hydroxyl groups is 1. The first kappa shape index (κ1) is 17.3. The molecule has 0 bridgehead atoms. The van der Waals surface area contributed by atoms with Crippen molar-refractivity contribution in [3.8, 4) is 11.5 Å². The summed E-state index contributed by atoms with van der Waals surface area (Å²) in [5, 5.41) is 11.4. The van der Waals surface area contributed by atoms with Crippen molar-refractivity contribution < 1.29 is 14.6 Å². The molecule has 1 aliphatic carbocycles. The molecule has 2 heterocycles. The summed E-state index contributed by atoms with van der Waals surface area (Å²) in [7, 11) is 3.38. The molecule has 1 saturated heterocycles. The zero-order chi connectivity index (χ0) is 18.1. The van der Waals surface area contributed by atoms with Crippen molar-refractivity contribution in [1.82, 2.24) is 9.88 Å². The van der Waals surface area contributed by atoms with Crippen molar-refractivity contribution in [1.29, 1.82) is 0 Å². The smallest absolute Gasteiger partial charge is 0.123 e. The van der Waals surface area contributed by atoms with Crippen LogP contribution in [0.25, 0.3) is 0 Å². The predicted octanol–water partition coefficient (Wildman–Crippen LogP) is 2.83. The van der Waals surface area contributed by atoms with E-state index in [0.29, 0.717) is 5.92 Å². The van der Waals surface area contributed by atoms with Gasteiger partial charge in [0, 0.05) is 37.3 Å². The first-order chi connectivity index (χ1) is 12.6. The fraction of sp³-hybridized carbons (Fsp3) is 0.476. The summed E-state index contributed by atoms with van der Waals surface area (Å²) in [5.41, 5.74) is 1.13. The largest absolute Gasteiger partial charge is 0.497 e. The van der Waals surface area contributed by atoms with Crippen molar-refractivity contribution in [3.63, 3.8) is 0 Å². The molecule has 1 aliphatic heterocycles. The number of hydrogen-bond acceptors (Lipinski definition) is 5. The second-order valence-electron chi connectivity index (χ2n) is 7.42. The van der Waals surface area contributed by atoms with Gasteiger partial charge in [0.2, 0.25) is 0 Å². The minimum absolute atomic E-state index is 0.231. The summed E-state index contributed by atoms with van der Waals surface area (Å²) < 4.78 is 10.9. The number of methoxy groups -OCH3 is 2. The first-order valence-corrected chi connectivity index (χ1v) is 9.21. The molecule has 5 heteroatoms. The number of hydrogen-bond donors (Lipinski definition) is 1. The molecule has 2 aliphatic rings. The van der Waals surface area contributed by atoms with Gasteiger partial charge in [0.15, 0.2) is 0 Å². The van der Waals surface area contributed by atoms with Crippen molar-refractivity contribution in [2.24, 2.45) is 11.8 Å². The van der Waals surface area contributed by atoms with E-state index in [4.69, 9.17) is 9.47 Å². The summed E-state index contributed by atoms with van der Waals surface area (Å²) in [6.07, 6.45) is 3.62. The summed E-state index contributed by atoms with van der Waals surface area (Å²) in [6, 6.07) is 11.7. The quantitative estimate of drug-likeness (QED) is 0.895. The molecule has 2 aromatic rings. The zero-order valence-corrected chi connectivity index (χ0v) is 15.4. The molecule has 2 fully saturated rings. The molecule has 3 atom stereocenters. The van der Waals surface area contributed by atoms with Gasteiger partial charge < -0.3 is 14.6 Å². The molecule has 26 heavy (non-hydrogen) atoms. The lowest BCUT2D eigenvalue weighted by molar-refractivity contribution is -0.0108. The standard InChI is InChI=1S/C21H26N2O3/c1-25-17-6-7-19(26-2)16(11-17)13-23-12-15-8-9-21(24,18(15)14-23)20-5-3-4-10-22-20/h3-7,10-11,15,18,24H,8-9,12-14H2,1-2H3/t15-,18+,21-/m0/s1. The Labute approximate surface area is 154 Å². The van der Waals surface area contributed by atoms with E-state index >= 15 is 0 Å². The highest BCUT2D eigenvalue weighted by molar-refractivity contribution is 5.40. The molecule has 1 aromatic heterocycles. The van der Waals surface area contributed by atoms with Crippen molar-refractivity contribution in [3.05, 3.63) is 53.9 Å². The minimum Gasteiger partial charge on any atom is -0.497 e. The highest BCUT2D eigenvalue weighted by Gasteiger charge is 2.53. The van der Waals surface area contributed by atoms with Crippen LogP contribution in [-0.2, 0) is 12.1 Å². The second kappa shape index (κ2) is 6.89. The van der Waals surface area contributed by atoms with Crippen LogP contribution >= 0.6 is 0 Å². The molecule has 4 rings (SSSR count). The van der Waals surface area contributed by atoms with Crippen LogP contribution in [-0.4, -0.2) is 42.3 Å². The Bertz CT molecular complexity index is 767. The van der Waals surface area contributed by atoms with Gasteiger partial charge in [0.05, 0.1) is 19.9 Å². The van der Waals surface area contributed by atoms with Gasteiger partial charge in [-0.05, 0) is 49.1 Å². The van der Waals surface area contributed by atoms with Crippen LogP contribution in [0.3, 0.4) is 0 Å². The molecule has 0 spiro atoms. The van der Waals surface area contributed by atoms with E-state index in [1.807, 2.05) is 36.4 Å². The van der Waals surface area contributed by atoms with Crippen LogP contribution in [0.2, 0.25) is 0 Å². The van der Waals surface area contributed by atoms with E-state index < -0.39 is 5.60 Å². The third kappa shape index (κ3) is 2.95. The van der Waals surface area contributed by atoms with Crippen LogP contribution < -0.4 is 9.47 Å².